The molecule has 0 saturated carbocycles. The topological polar surface area (TPSA) is 108 Å². The summed E-state index contributed by atoms with van der Waals surface area (Å²) < 4.78 is 34.5. The predicted molar refractivity (Wildman–Crippen MR) is 352 cm³/mol. The van der Waals surface area contributed by atoms with Crippen LogP contribution in [0, 0.1) is 0 Å². The lowest BCUT2D eigenvalue weighted by Gasteiger charge is -2.24. The van der Waals surface area contributed by atoms with Crippen LogP contribution >= 0.6 is 7.82 Å². The number of allylic oxidation sites excluding steroid dienone is 34. The Bertz CT molecular complexity index is 2130. The minimum atomic E-state index is -4.43. The SMILES string of the molecule is CC/C=C\C/C=C\C/C=C\C/C=C\C/C=C\C/C=C\C/C=C\C/C=C\C/C=C\C/C=C\C/C=C\CCCCCC(=O)OC(COC(=O)CCCC/C=C\C/C=C\C/C=C\C/C=C\C/C=C\C/C=C\CC)COP(=O)(O)OCC[N+](C)(C)C. The van der Waals surface area contributed by atoms with Gasteiger partial charge in [0.1, 0.15) is 19.8 Å². The Balaban J connectivity index is 4.34. The monoisotopic (exact) mass is 1150 g/mol. The summed E-state index contributed by atoms with van der Waals surface area (Å²) in [5, 5.41) is 0. The molecule has 0 spiro atoms. The van der Waals surface area contributed by atoms with E-state index in [1.54, 1.807) is 0 Å². The van der Waals surface area contributed by atoms with Crippen molar-refractivity contribution in [3.8, 4) is 0 Å². The highest BCUT2D eigenvalue weighted by atomic mass is 31.2. The standard InChI is InChI=1S/C72H110NO8P/c1-6-8-10-12-14-16-18-20-22-24-26-28-29-30-31-32-33-34-35-36-37-38-39-40-41-42-43-45-47-49-51-53-55-57-59-61-63-65-72(75)81-70(69-80-82(76,77)79-67-66-73(3,4)5)68-78-71(74)64-62-60-58-56-54-52-50-48-46-44-27-25-23-21-19-17-15-13-11-9-7-2/h8-11,14-17,20-23,26-28,30-31,33-34,36-37,39-40,42-44,47-50,53-56,70H,6-7,12-13,18-19,24-25,29,32,35,38,41,45-46,51-52,57-69H2,1-5H3/p+1/b10-8-,11-9-,16-14-,17-15-,22-20-,23-21-,28-26-,31-30-,34-33-,37-36-,40-39-,43-42-,44-27-,49-47-,50-48-,55-53-,56-54-. The maximum atomic E-state index is 12.8. The van der Waals surface area contributed by atoms with Gasteiger partial charge in [0.05, 0.1) is 27.7 Å². The van der Waals surface area contributed by atoms with Gasteiger partial charge in [0.15, 0.2) is 6.10 Å². The van der Waals surface area contributed by atoms with Crippen LogP contribution in [0.15, 0.2) is 207 Å². The van der Waals surface area contributed by atoms with Crippen LogP contribution in [0.3, 0.4) is 0 Å². The van der Waals surface area contributed by atoms with Crippen LogP contribution in [0.5, 0.6) is 0 Å². The van der Waals surface area contributed by atoms with Gasteiger partial charge in [0.25, 0.3) is 0 Å². The van der Waals surface area contributed by atoms with Crippen molar-refractivity contribution in [1.29, 1.82) is 0 Å². The fraction of sp³-hybridized carbons (Fsp3) is 0.500. The molecule has 10 heteroatoms. The Morgan fingerprint density at radius 2 is 0.659 bits per heavy atom. The molecule has 82 heavy (non-hydrogen) atoms. The minimum absolute atomic E-state index is 0.00456. The second kappa shape index (κ2) is 60.2. The molecule has 0 aromatic rings. The number of hydrogen-bond acceptors (Lipinski definition) is 7. The van der Waals surface area contributed by atoms with E-state index >= 15 is 0 Å². The third-order valence-corrected chi connectivity index (χ3v) is 12.8. The van der Waals surface area contributed by atoms with Crippen molar-refractivity contribution < 1.29 is 42.1 Å². The lowest BCUT2D eigenvalue weighted by atomic mass is 10.1. The summed E-state index contributed by atoms with van der Waals surface area (Å²) in [5.74, 6) is -0.909. The molecule has 1 N–H and O–H groups in total. The maximum Gasteiger partial charge on any atom is 0.472 e. The number of phosphoric ester groups is 1. The van der Waals surface area contributed by atoms with Crippen LogP contribution in [0.2, 0.25) is 0 Å². The summed E-state index contributed by atoms with van der Waals surface area (Å²) in [6.45, 7) is 4.07. The zero-order chi connectivity index (χ0) is 59.8. The summed E-state index contributed by atoms with van der Waals surface area (Å²) >= 11 is 0. The van der Waals surface area contributed by atoms with E-state index in [0.717, 1.165) is 141 Å². The molecule has 0 rings (SSSR count). The van der Waals surface area contributed by atoms with Crippen LogP contribution in [-0.4, -0.2) is 74.9 Å². The van der Waals surface area contributed by atoms with E-state index in [9.17, 15) is 19.0 Å². The number of phosphoric acid groups is 1. The number of carbonyl (C=O) groups excluding carboxylic acids is 2. The van der Waals surface area contributed by atoms with E-state index in [2.05, 4.69) is 220 Å². The summed E-state index contributed by atoms with van der Waals surface area (Å²) in [6, 6.07) is 0. The molecule has 0 aliphatic carbocycles. The Hall–Kier alpha value is -5.41. The van der Waals surface area contributed by atoms with Gasteiger partial charge in [-0.3, -0.25) is 18.6 Å². The highest BCUT2D eigenvalue weighted by Gasteiger charge is 2.27. The lowest BCUT2D eigenvalue weighted by Crippen LogP contribution is -2.37. The molecule has 2 unspecified atom stereocenters. The molecule has 2 atom stereocenters. The maximum absolute atomic E-state index is 12.8. The quantitative estimate of drug-likeness (QED) is 0.0211. The van der Waals surface area contributed by atoms with Gasteiger partial charge in [-0.05, 0) is 148 Å². The zero-order valence-corrected chi connectivity index (χ0v) is 52.5. The van der Waals surface area contributed by atoms with Gasteiger partial charge >= 0.3 is 19.8 Å². The molecule has 0 fully saturated rings. The Morgan fingerprint density at radius 3 is 0.976 bits per heavy atom. The molecule has 9 nitrogen and oxygen atoms in total. The number of ether oxygens (including phenoxy) is 2. The average Bonchev–Trinajstić information content (AvgIpc) is 3.46. The van der Waals surface area contributed by atoms with Crippen LogP contribution in [0.4, 0.5) is 0 Å². The van der Waals surface area contributed by atoms with E-state index in [1.807, 2.05) is 21.1 Å². The molecule has 0 aromatic heterocycles. The van der Waals surface area contributed by atoms with Crippen molar-refractivity contribution in [3.63, 3.8) is 0 Å². The van der Waals surface area contributed by atoms with Gasteiger partial charge in [-0.15, -0.1) is 0 Å². The number of esters is 2. The van der Waals surface area contributed by atoms with Crippen molar-refractivity contribution in [2.24, 2.45) is 0 Å². The lowest BCUT2D eigenvalue weighted by molar-refractivity contribution is -0.870. The number of carbonyl (C=O) groups is 2. The highest BCUT2D eigenvalue weighted by molar-refractivity contribution is 7.47. The van der Waals surface area contributed by atoms with Crippen LogP contribution in [0.1, 0.15) is 181 Å². The summed E-state index contributed by atoms with van der Waals surface area (Å²) in [7, 11) is 1.39. The molecule has 0 aliphatic heterocycles. The van der Waals surface area contributed by atoms with Crippen molar-refractivity contribution in [1.82, 2.24) is 0 Å². The van der Waals surface area contributed by atoms with E-state index in [0.29, 0.717) is 23.9 Å². The number of rotatable bonds is 53. The first-order valence-corrected chi connectivity index (χ1v) is 32.3. The fourth-order valence-electron chi connectivity index (χ4n) is 7.14. The molecule has 0 saturated heterocycles. The summed E-state index contributed by atoms with van der Waals surface area (Å²) in [6.07, 6.45) is 96.3. The molecule has 0 heterocycles. The molecule has 0 amide bonds. The highest BCUT2D eigenvalue weighted by Crippen LogP contribution is 2.43. The van der Waals surface area contributed by atoms with Crippen molar-refractivity contribution in [2.45, 2.75) is 187 Å². The molecular weight excluding hydrogens is 1040 g/mol. The fourth-order valence-corrected chi connectivity index (χ4v) is 7.88. The molecule has 0 aliphatic rings. The van der Waals surface area contributed by atoms with Crippen molar-refractivity contribution in [3.05, 3.63) is 207 Å². The first kappa shape index (κ1) is 76.6. The van der Waals surface area contributed by atoms with Crippen LogP contribution in [0.25, 0.3) is 0 Å². The first-order chi connectivity index (χ1) is 40.0. The van der Waals surface area contributed by atoms with Gasteiger partial charge in [-0.25, -0.2) is 4.57 Å². The predicted octanol–water partition coefficient (Wildman–Crippen LogP) is 19.9. The smallest absolute Gasteiger partial charge is 0.462 e. The summed E-state index contributed by atoms with van der Waals surface area (Å²) in [5.41, 5.74) is 0. The number of unbranched alkanes of at least 4 members (excludes halogenated alkanes) is 5. The van der Waals surface area contributed by atoms with E-state index in [-0.39, 0.29) is 26.1 Å². The molecule has 456 valence electrons. The molecule has 0 bridgehead atoms. The Kier molecular flexibility index (Phi) is 56.2. The molecule has 0 radical (unpaired) electrons. The van der Waals surface area contributed by atoms with E-state index in [4.69, 9.17) is 18.5 Å². The van der Waals surface area contributed by atoms with Crippen molar-refractivity contribution >= 4 is 19.8 Å². The summed E-state index contributed by atoms with van der Waals surface area (Å²) in [4.78, 5) is 35.7. The number of quaternary nitrogens is 1. The van der Waals surface area contributed by atoms with Gasteiger partial charge in [-0.1, -0.05) is 227 Å². The first-order valence-electron chi connectivity index (χ1n) is 30.8. The van der Waals surface area contributed by atoms with E-state index < -0.39 is 32.5 Å². The second-order valence-corrected chi connectivity index (χ2v) is 22.1. The van der Waals surface area contributed by atoms with E-state index in [1.165, 1.54) is 0 Å². The third kappa shape index (κ3) is 63.8. The van der Waals surface area contributed by atoms with Crippen LogP contribution in [-0.2, 0) is 32.7 Å². The van der Waals surface area contributed by atoms with Gasteiger partial charge in [-0.2, -0.15) is 0 Å². The van der Waals surface area contributed by atoms with Gasteiger partial charge in [0.2, 0.25) is 0 Å². The normalized spacial score (nSPS) is 14.7. The number of nitrogens with zero attached hydrogens (tertiary/aromatic N) is 1. The largest absolute Gasteiger partial charge is 0.472 e. The van der Waals surface area contributed by atoms with Crippen LogP contribution < -0.4 is 0 Å². The number of hydrogen-bond donors (Lipinski definition) is 1. The Morgan fingerprint density at radius 1 is 0.378 bits per heavy atom. The second-order valence-electron chi connectivity index (χ2n) is 20.6. The zero-order valence-electron chi connectivity index (χ0n) is 51.6. The number of likely N-dealkylation sites (N-methyl/N-ethyl adjacent to an activating group) is 1. The van der Waals surface area contributed by atoms with Crippen molar-refractivity contribution in [2.75, 3.05) is 47.5 Å². The molecular formula is C72H111NO8P+. The average molecular weight is 1150 g/mol. The molecule has 0 aromatic carbocycles. The third-order valence-electron chi connectivity index (χ3n) is 11.8. The van der Waals surface area contributed by atoms with Gasteiger partial charge in [0, 0.05) is 12.8 Å². The minimum Gasteiger partial charge on any atom is -0.462 e. The van der Waals surface area contributed by atoms with Gasteiger partial charge < -0.3 is 18.9 Å². The Labute approximate surface area is 500 Å².